The van der Waals surface area contributed by atoms with Crippen molar-refractivity contribution in [3.8, 4) is 0 Å². The van der Waals surface area contributed by atoms with Gasteiger partial charge in [-0.3, -0.25) is 0 Å². The molecule has 1 unspecified atom stereocenters. The summed E-state index contributed by atoms with van der Waals surface area (Å²) in [5.41, 5.74) is 0. The molecule has 82 valence electrons. The highest BCUT2D eigenvalue weighted by molar-refractivity contribution is 6.28. The second kappa shape index (κ2) is 7.35. The van der Waals surface area contributed by atoms with Gasteiger partial charge in [0.1, 0.15) is 6.10 Å². The molecule has 0 aromatic carbocycles. The highest BCUT2D eigenvalue weighted by atomic mass is 16.6. The third-order valence-electron chi connectivity index (χ3n) is 2.03. The molecule has 4 nitrogen and oxygen atoms in total. The summed E-state index contributed by atoms with van der Waals surface area (Å²) in [7, 11) is 0. The van der Waals surface area contributed by atoms with Crippen LogP contribution in [0.1, 0.15) is 46.0 Å². The number of rotatable bonds is 6. The van der Waals surface area contributed by atoms with E-state index >= 15 is 0 Å². The number of carbonyl (C=O) groups is 2. The van der Waals surface area contributed by atoms with Gasteiger partial charge in [0.25, 0.3) is 0 Å². The Bertz CT molecular complexity index is 189. The molecule has 4 heteroatoms. The lowest BCUT2D eigenvalue weighted by Gasteiger charge is -2.13. The van der Waals surface area contributed by atoms with Gasteiger partial charge < -0.3 is 9.84 Å². The van der Waals surface area contributed by atoms with Gasteiger partial charge in [0, 0.05) is 0 Å². The molecule has 1 N–H and O–H groups in total. The summed E-state index contributed by atoms with van der Waals surface area (Å²) in [5, 5.41) is 8.32. The van der Waals surface area contributed by atoms with Crippen molar-refractivity contribution in [2.24, 2.45) is 0 Å². The molecule has 0 heterocycles. The summed E-state index contributed by atoms with van der Waals surface area (Å²) in [4.78, 5) is 20.9. The van der Waals surface area contributed by atoms with Gasteiger partial charge in [-0.05, 0) is 19.3 Å². The standard InChI is InChI=1S/C10H18O4/c1-3-5-6-7-8(4-2)14-10(13)9(11)12/h8H,3-7H2,1-2H3,(H,11,12). The molecule has 0 aliphatic heterocycles. The van der Waals surface area contributed by atoms with Crippen LogP contribution in [-0.2, 0) is 14.3 Å². The minimum absolute atomic E-state index is 0.245. The zero-order chi connectivity index (χ0) is 11.0. The van der Waals surface area contributed by atoms with Crippen LogP contribution in [-0.4, -0.2) is 23.1 Å². The Kier molecular flexibility index (Phi) is 6.80. The lowest BCUT2D eigenvalue weighted by atomic mass is 10.1. The molecule has 0 radical (unpaired) electrons. The van der Waals surface area contributed by atoms with Crippen LogP contribution >= 0.6 is 0 Å². The van der Waals surface area contributed by atoms with E-state index in [1.54, 1.807) is 0 Å². The highest BCUT2D eigenvalue weighted by Gasteiger charge is 2.18. The average molecular weight is 202 g/mol. The minimum atomic E-state index is -1.51. The molecule has 0 fully saturated rings. The second-order valence-electron chi connectivity index (χ2n) is 3.24. The molecule has 0 rings (SSSR count). The molecular weight excluding hydrogens is 184 g/mol. The molecule has 0 aromatic heterocycles. The summed E-state index contributed by atoms with van der Waals surface area (Å²) in [6.45, 7) is 3.97. The van der Waals surface area contributed by atoms with Gasteiger partial charge in [-0.2, -0.15) is 0 Å². The van der Waals surface area contributed by atoms with Crippen molar-refractivity contribution in [1.82, 2.24) is 0 Å². The number of aliphatic carboxylic acids is 1. The van der Waals surface area contributed by atoms with E-state index < -0.39 is 11.9 Å². The van der Waals surface area contributed by atoms with Crippen molar-refractivity contribution in [2.45, 2.75) is 52.1 Å². The normalized spacial score (nSPS) is 12.1. The first kappa shape index (κ1) is 12.9. The van der Waals surface area contributed by atoms with E-state index in [2.05, 4.69) is 6.92 Å². The van der Waals surface area contributed by atoms with Crippen molar-refractivity contribution in [3.63, 3.8) is 0 Å². The van der Waals surface area contributed by atoms with E-state index in [4.69, 9.17) is 9.84 Å². The summed E-state index contributed by atoms with van der Waals surface area (Å²) < 4.78 is 4.77. The first-order valence-corrected chi connectivity index (χ1v) is 5.05. The summed E-state index contributed by atoms with van der Waals surface area (Å²) in [5.74, 6) is -2.66. The van der Waals surface area contributed by atoms with E-state index in [0.29, 0.717) is 6.42 Å². The fraction of sp³-hybridized carbons (Fsp3) is 0.800. The SMILES string of the molecule is CCCCCC(CC)OC(=O)C(=O)O. The number of unbranched alkanes of at least 4 members (excludes halogenated alkanes) is 2. The molecule has 0 saturated carbocycles. The van der Waals surface area contributed by atoms with Crippen molar-refractivity contribution >= 4 is 11.9 Å². The zero-order valence-corrected chi connectivity index (χ0v) is 8.78. The van der Waals surface area contributed by atoms with Crippen LogP contribution in [0.4, 0.5) is 0 Å². The van der Waals surface area contributed by atoms with Gasteiger partial charge in [-0.1, -0.05) is 26.7 Å². The number of hydrogen-bond acceptors (Lipinski definition) is 3. The van der Waals surface area contributed by atoms with Crippen LogP contribution in [0.2, 0.25) is 0 Å². The fourth-order valence-corrected chi connectivity index (χ4v) is 1.17. The van der Waals surface area contributed by atoms with E-state index in [9.17, 15) is 9.59 Å². The summed E-state index contributed by atoms with van der Waals surface area (Å²) >= 11 is 0. The van der Waals surface area contributed by atoms with Crippen molar-refractivity contribution in [1.29, 1.82) is 0 Å². The third kappa shape index (κ3) is 5.56. The molecule has 0 aliphatic carbocycles. The minimum Gasteiger partial charge on any atom is -0.473 e. The number of ether oxygens (including phenoxy) is 1. The predicted octanol–water partition coefficient (Wildman–Crippen LogP) is 1.97. The van der Waals surface area contributed by atoms with Gasteiger partial charge in [0.15, 0.2) is 0 Å². The van der Waals surface area contributed by atoms with Crippen LogP contribution in [0.15, 0.2) is 0 Å². The Labute approximate surface area is 84.3 Å². The first-order valence-electron chi connectivity index (χ1n) is 5.05. The Morgan fingerprint density at radius 3 is 2.36 bits per heavy atom. The molecule has 0 bridgehead atoms. The quantitative estimate of drug-likeness (QED) is 0.406. The Hall–Kier alpha value is -1.06. The molecule has 14 heavy (non-hydrogen) atoms. The number of carbonyl (C=O) groups excluding carboxylic acids is 1. The third-order valence-corrected chi connectivity index (χ3v) is 2.03. The summed E-state index contributed by atoms with van der Waals surface area (Å²) in [6.07, 6.45) is 4.34. The van der Waals surface area contributed by atoms with E-state index in [1.807, 2.05) is 6.92 Å². The Morgan fingerprint density at radius 1 is 1.29 bits per heavy atom. The maximum atomic E-state index is 10.7. The van der Waals surface area contributed by atoms with Crippen LogP contribution in [0.3, 0.4) is 0 Å². The molecule has 0 amide bonds. The van der Waals surface area contributed by atoms with Crippen LogP contribution in [0.25, 0.3) is 0 Å². The van der Waals surface area contributed by atoms with Gasteiger partial charge in [-0.25, -0.2) is 9.59 Å². The van der Waals surface area contributed by atoms with Gasteiger partial charge in [-0.15, -0.1) is 0 Å². The van der Waals surface area contributed by atoms with Crippen molar-refractivity contribution in [3.05, 3.63) is 0 Å². The monoisotopic (exact) mass is 202 g/mol. The lowest BCUT2D eigenvalue weighted by molar-refractivity contribution is -0.167. The first-order chi connectivity index (χ1) is 6.61. The number of hydrogen-bond donors (Lipinski definition) is 1. The fourth-order valence-electron chi connectivity index (χ4n) is 1.17. The van der Waals surface area contributed by atoms with Gasteiger partial charge >= 0.3 is 11.9 Å². The number of esters is 1. The van der Waals surface area contributed by atoms with E-state index in [-0.39, 0.29) is 6.10 Å². The van der Waals surface area contributed by atoms with Gasteiger partial charge in [0.2, 0.25) is 0 Å². The maximum absolute atomic E-state index is 10.7. The van der Waals surface area contributed by atoms with Crippen LogP contribution in [0, 0.1) is 0 Å². The van der Waals surface area contributed by atoms with Crippen molar-refractivity contribution < 1.29 is 19.4 Å². The Balaban J connectivity index is 3.78. The van der Waals surface area contributed by atoms with E-state index in [1.165, 1.54) is 0 Å². The van der Waals surface area contributed by atoms with Gasteiger partial charge in [0.05, 0.1) is 0 Å². The molecule has 0 saturated heterocycles. The molecule has 1 atom stereocenters. The zero-order valence-electron chi connectivity index (χ0n) is 8.78. The smallest absolute Gasteiger partial charge is 0.417 e. The molecular formula is C10H18O4. The maximum Gasteiger partial charge on any atom is 0.417 e. The predicted molar refractivity (Wildman–Crippen MR) is 51.9 cm³/mol. The molecule has 0 aromatic rings. The topological polar surface area (TPSA) is 63.6 Å². The highest BCUT2D eigenvalue weighted by Crippen LogP contribution is 2.10. The Morgan fingerprint density at radius 2 is 1.93 bits per heavy atom. The largest absolute Gasteiger partial charge is 0.473 e. The number of carboxylic acid groups (broad SMARTS) is 1. The molecule has 0 spiro atoms. The summed E-state index contributed by atoms with van der Waals surface area (Å²) in [6, 6.07) is 0. The molecule has 0 aliphatic rings. The van der Waals surface area contributed by atoms with Crippen LogP contribution < -0.4 is 0 Å². The number of carboxylic acids is 1. The lowest BCUT2D eigenvalue weighted by Crippen LogP contribution is -2.23. The van der Waals surface area contributed by atoms with Crippen molar-refractivity contribution in [2.75, 3.05) is 0 Å². The van der Waals surface area contributed by atoms with Crippen LogP contribution in [0.5, 0.6) is 0 Å². The van der Waals surface area contributed by atoms with E-state index in [0.717, 1.165) is 25.7 Å². The second-order valence-corrected chi connectivity index (χ2v) is 3.24. The average Bonchev–Trinajstić information content (AvgIpc) is 2.16.